The Balaban J connectivity index is 2.51. The summed E-state index contributed by atoms with van der Waals surface area (Å²) in [6.45, 7) is 6.33. The molecule has 0 saturated heterocycles. The molecule has 2 N–H and O–H groups in total. The highest BCUT2D eigenvalue weighted by atomic mass is 16.2. The molecule has 88 valence electrons. The van der Waals surface area contributed by atoms with Gasteiger partial charge in [0.15, 0.2) is 0 Å². The highest BCUT2D eigenvalue weighted by Crippen LogP contribution is 2.07. The Hall–Kier alpha value is -1.49. The van der Waals surface area contributed by atoms with E-state index in [1.807, 2.05) is 20.8 Å². The number of nitrogens with zero attached hydrogens (tertiary/aromatic N) is 2. The van der Waals surface area contributed by atoms with Gasteiger partial charge in [0.1, 0.15) is 0 Å². The lowest BCUT2D eigenvalue weighted by molar-refractivity contribution is -0.122. The molecule has 16 heavy (non-hydrogen) atoms. The Kier molecular flexibility index (Phi) is 4.85. The molecule has 0 saturated carbocycles. The fraction of sp³-hybridized carbons (Fsp3) is 0.545. The van der Waals surface area contributed by atoms with Gasteiger partial charge in [0.05, 0.1) is 11.7 Å². The van der Waals surface area contributed by atoms with Crippen molar-refractivity contribution >= 4 is 5.91 Å². The molecule has 0 spiro atoms. The lowest BCUT2D eigenvalue weighted by Gasteiger charge is -2.18. The lowest BCUT2D eigenvalue weighted by Crippen LogP contribution is -2.43. The molecule has 2 atom stereocenters. The van der Waals surface area contributed by atoms with E-state index < -0.39 is 0 Å². The van der Waals surface area contributed by atoms with E-state index >= 15 is 0 Å². The summed E-state index contributed by atoms with van der Waals surface area (Å²) in [7, 11) is 0. The van der Waals surface area contributed by atoms with Gasteiger partial charge in [0.2, 0.25) is 5.91 Å². The first-order valence-corrected chi connectivity index (χ1v) is 5.44. The molecule has 5 nitrogen and oxygen atoms in total. The van der Waals surface area contributed by atoms with Crippen molar-refractivity contribution in [3.8, 4) is 0 Å². The molecular weight excluding hydrogens is 204 g/mol. The maximum Gasteiger partial charge on any atom is 0.236 e. The third-order valence-corrected chi connectivity index (χ3v) is 2.27. The fourth-order valence-corrected chi connectivity index (χ4v) is 1.40. The fourth-order valence-electron chi connectivity index (χ4n) is 1.40. The molecule has 0 radical (unpaired) electrons. The first-order chi connectivity index (χ1) is 7.65. The van der Waals surface area contributed by atoms with Gasteiger partial charge in [0.25, 0.3) is 0 Å². The molecule has 0 aliphatic rings. The number of aromatic nitrogens is 2. The average molecular weight is 222 g/mol. The average Bonchev–Trinajstić information content (AvgIpc) is 2.30. The number of amides is 1. The first kappa shape index (κ1) is 12.6. The maximum atomic E-state index is 11.5. The van der Waals surface area contributed by atoms with Crippen LogP contribution in [0.5, 0.6) is 0 Å². The second-order valence-electron chi connectivity index (χ2n) is 3.63. The van der Waals surface area contributed by atoms with E-state index in [2.05, 4.69) is 20.6 Å². The zero-order valence-corrected chi connectivity index (χ0v) is 9.90. The van der Waals surface area contributed by atoms with Gasteiger partial charge in [0, 0.05) is 31.2 Å². The molecule has 2 unspecified atom stereocenters. The molecule has 0 aliphatic heterocycles. The van der Waals surface area contributed by atoms with Crippen LogP contribution >= 0.6 is 0 Å². The third kappa shape index (κ3) is 3.58. The van der Waals surface area contributed by atoms with Crippen LogP contribution in [0.4, 0.5) is 0 Å². The molecule has 1 aromatic rings. The Labute approximate surface area is 95.7 Å². The van der Waals surface area contributed by atoms with Crippen LogP contribution in [0.25, 0.3) is 0 Å². The Bertz CT molecular complexity index is 328. The van der Waals surface area contributed by atoms with E-state index in [0.717, 1.165) is 5.69 Å². The quantitative estimate of drug-likeness (QED) is 0.767. The lowest BCUT2D eigenvalue weighted by atomic mass is 10.2. The predicted octanol–water partition coefficient (Wildman–Crippen LogP) is 0.652. The van der Waals surface area contributed by atoms with E-state index in [1.165, 1.54) is 0 Å². The molecule has 0 aliphatic carbocycles. The van der Waals surface area contributed by atoms with Crippen molar-refractivity contribution in [2.24, 2.45) is 0 Å². The minimum absolute atomic E-state index is 0.00163. The van der Waals surface area contributed by atoms with Crippen LogP contribution in [0.1, 0.15) is 32.5 Å². The summed E-state index contributed by atoms with van der Waals surface area (Å²) in [6, 6.07) is -0.233. The zero-order valence-electron chi connectivity index (χ0n) is 9.90. The molecule has 1 amide bonds. The molecule has 1 heterocycles. The van der Waals surface area contributed by atoms with Crippen LogP contribution in [0.2, 0.25) is 0 Å². The van der Waals surface area contributed by atoms with Crippen LogP contribution in [0.3, 0.4) is 0 Å². The van der Waals surface area contributed by atoms with Gasteiger partial charge >= 0.3 is 0 Å². The van der Waals surface area contributed by atoms with E-state index in [9.17, 15) is 4.79 Å². The summed E-state index contributed by atoms with van der Waals surface area (Å²) in [5.41, 5.74) is 0.832. The zero-order chi connectivity index (χ0) is 12.0. The highest BCUT2D eigenvalue weighted by molar-refractivity contribution is 5.81. The van der Waals surface area contributed by atoms with Gasteiger partial charge in [-0.05, 0) is 20.8 Å². The molecule has 5 heteroatoms. The second kappa shape index (κ2) is 6.17. The van der Waals surface area contributed by atoms with Gasteiger partial charge in [-0.25, -0.2) is 0 Å². The molecule has 0 aromatic carbocycles. The van der Waals surface area contributed by atoms with Crippen LogP contribution in [0.15, 0.2) is 18.6 Å². The van der Waals surface area contributed by atoms with E-state index in [1.54, 1.807) is 18.6 Å². The van der Waals surface area contributed by atoms with Crippen molar-refractivity contribution in [2.45, 2.75) is 32.9 Å². The van der Waals surface area contributed by atoms with Gasteiger partial charge in [-0.15, -0.1) is 0 Å². The monoisotopic (exact) mass is 222 g/mol. The number of hydrogen-bond donors (Lipinski definition) is 2. The van der Waals surface area contributed by atoms with Crippen molar-refractivity contribution in [1.82, 2.24) is 20.6 Å². The van der Waals surface area contributed by atoms with Crippen molar-refractivity contribution in [3.63, 3.8) is 0 Å². The predicted molar refractivity (Wildman–Crippen MR) is 61.7 cm³/mol. The maximum absolute atomic E-state index is 11.5. The second-order valence-corrected chi connectivity index (χ2v) is 3.63. The third-order valence-electron chi connectivity index (χ3n) is 2.27. The van der Waals surface area contributed by atoms with Crippen molar-refractivity contribution in [2.75, 3.05) is 6.54 Å². The Morgan fingerprint density at radius 2 is 2.19 bits per heavy atom. The molecular formula is C11H18N4O. The number of nitrogens with one attached hydrogen (secondary N) is 2. The Morgan fingerprint density at radius 1 is 1.44 bits per heavy atom. The van der Waals surface area contributed by atoms with E-state index in [0.29, 0.717) is 6.54 Å². The summed E-state index contributed by atoms with van der Waals surface area (Å²) in [5.74, 6) is -0.00163. The standard InChI is InChI=1S/C11H18N4O/c1-4-13-11(16)9(3)15-8(2)10-7-12-5-6-14-10/h5-9,15H,4H2,1-3H3,(H,13,16). The summed E-state index contributed by atoms with van der Waals surface area (Å²) < 4.78 is 0. The van der Waals surface area contributed by atoms with Gasteiger partial charge in [-0.3, -0.25) is 20.1 Å². The minimum Gasteiger partial charge on any atom is -0.355 e. The van der Waals surface area contributed by atoms with Gasteiger partial charge in [-0.2, -0.15) is 0 Å². The molecule has 1 aromatic heterocycles. The van der Waals surface area contributed by atoms with Gasteiger partial charge in [-0.1, -0.05) is 0 Å². The first-order valence-electron chi connectivity index (χ1n) is 5.44. The van der Waals surface area contributed by atoms with Gasteiger partial charge < -0.3 is 5.32 Å². The van der Waals surface area contributed by atoms with Crippen molar-refractivity contribution in [1.29, 1.82) is 0 Å². The largest absolute Gasteiger partial charge is 0.355 e. The van der Waals surface area contributed by atoms with Crippen molar-refractivity contribution in [3.05, 3.63) is 24.3 Å². The summed E-state index contributed by atoms with van der Waals surface area (Å²) in [6.07, 6.45) is 4.97. The van der Waals surface area contributed by atoms with Crippen molar-refractivity contribution < 1.29 is 4.79 Å². The van der Waals surface area contributed by atoms with Crippen LogP contribution in [0, 0.1) is 0 Å². The number of rotatable bonds is 5. The van der Waals surface area contributed by atoms with E-state index in [-0.39, 0.29) is 18.0 Å². The molecule has 0 fully saturated rings. The Morgan fingerprint density at radius 3 is 2.75 bits per heavy atom. The van der Waals surface area contributed by atoms with Crippen LogP contribution < -0.4 is 10.6 Å². The number of likely N-dealkylation sites (N-methyl/N-ethyl adjacent to an activating group) is 1. The molecule has 1 rings (SSSR count). The molecule has 0 bridgehead atoms. The normalized spacial score (nSPS) is 14.2. The number of carbonyl (C=O) groups excluding carboxylic acids is 1. The summed E-state index contributed by atoms with van der Waals surface area (Å²) in [5, 5.41) is 5.93. The number of hydrogen-bond acceptors (Lipinski definition) is 4. The smallest absolute Gasteiger partial charge is 0.236 e. The topological polar surface area (TPSA) is 66.9 Å². The SMILES string of the molecule is CCNC(=O)C(C)NC(C)c1cnccn1. The van der Waals surface area contributed by atoms with E-state index in [4.69, 9.17) is 0 Å². The van der Waals surface area contributed by atoms with Crippen LogP contribution in [-0.2, 0) is 4.79 Å². The highest BCUT2D eigenvalue weighted by Gasteiger charge is 2.15. The van der Waals surface area contributed by atoms with Crippen LogP contribution in [-0.4, -0.2) is 28.5 Å². The summed E-state index contributed by atoms with van der Waals surface area (Å²) in [4.78, 5) is 19.7. The summed E-state index contributed by atoms with van der Waals surface area (Å²) >= 11 is 0. The minimum atomic E-state index is -0.239. The number of carbonyl (C=O) groups is 1.